The maximum absolute atomic E-state index is 9.95. The fourth-order valence-corrected chi connectivity index (χ4v) is 2.46. The van der Waals surface area contributed by atoms with Gasteiger partial charge in [0.05, 0.1) is 6.10 Å². The lowest BCUT2D eigenvalue weighted by molar-refractivity contribution is 0.171. The monoisotopic (exact) mass is 263 g/mol. The molecule has 3 N–H and O–H groups in total. The molecule has 0 aliphatic carbocycles. The first-order valence-electron chi connectivity index (χ1n) is 5.89. The average Bonchev–Trinajstić information content (AvgIpc) is 2.90. The van der Waals surface area contributed by atoms with Crippen LogP contribution >= 0.6 is 11.3 Å². The molecular weight excluding hydrogens is 246 g/mol. The van der Waals surface area contributed by atoms with Crippen LogP contribution in [0, 0.1) is 0 Å². The lowest BCUT2D eigenvalue weighted by atomic mass is 10.1. The lowest BCUT2D eigenvalue weighted by Gasteiger charge is -2.17. The third-order valence-corrected chi connectivity index (χ3v) is 3.64. The fraction of sp³-hybridized carbons (Fsp3) is 0.286. The van der Waals surface area contributed by atoms with E-state index in [-0.39, 0.29) is 11.8 Å². The van der Waals surface area contributed by atoms with E-state index >= 15 is 0 Å². The fourth-order valence-electron chi connectivity index (χ4n) is 1.75. The van der Waals surface area contributed by atoms with Crippen molar-refractivity contribution in [3.63, 3.8) is 0 Å². The molecule has 0 aliphatic heterocycles. The minimum Gasteiger partial charge on any atom is -0.508 e. The summed E-state index contributed by atoms with van der Waals surface area (Å²) in [5.41, 5.74) is 2.04. The number of hydrogen-bond donors (Lipinski definition) is 3. The molecule has 0 spiro atoms. The zero-order valence-electron chi connectivity index (χ0n) is 10.2. The molecule has 2 rings (SSSR count). The molecule has 2 unspecified atom stereocenters. The van der Waals surface area contributed by atoms with Gasteiger partial charge in [0.25, 0.3) is 0 Å². The first-order valence-corrected chi connectivity index (χ1v) is 6.83. The largest absolute Gasteiger partial charge is 0.508 e. The molecule has 0 saturated heterocycles. The highest BCUT2D eigenvalue weighted by Crippen LogP contribution is 2.19. The molecule has 4 heteroatoms. The third-order valence-electron chi connectivity index (χ3n) is 2.94. The number of rotatable bonds is 5. The van der Waals surface area contributed by atoms with E-state index in [1.54, 1.807) is 23.5 Å². The van der Waals surface area contributed by atoms with Gasteiger partial charge in [-0.2, -0.15) is 11.3 Å². The maximum atomic E-state index is 9.95. The van der Waals surface area contributed by atoms with E-state index in [1.165, 1.54) is 0 Å². The number of nitrogens with one attached hydrogen (secondary N) is 1. The van der Waals surface area contributed by atoms with E-state index in [2.05, 4.69) is 5.32 Å². The molecule has 0 radical (unpaired) electrons. The van der Waals surface area contributed by atoms with Gasteiger partial charge in [0.15, 0.2) is 0 Å². The number of phenols is 1. The zero-order chi connectivity index (χ0) is 13.0. The van der Waals surface area contributed by atoms with Gasteiger partial charge in [-0.05, 0) is 47.0 Å². The number of thiophene rings is 1. The summed E-state index contributed by atoms with van der Waals surface area (Å²) < 4.78 is 0. The summed E-state index contributed by atoms with van der Waals surface area (Å²) in [6.45, 7) is 2.55. The van der Waals surface area contributed by atoms with Crippen molar-refractivity contribution in [2.75, 3.05) is 6.54 Å². The Morgan fingerprint density at radius 3 is 2.50 bits per heavy atom. The number of aromatic hydroxyl groups is 1. The van der Waals surface area contributed by atoms with E-state index in [0.717, 1.165) is 11.1 Å². The summed E-state index contributed by atoms with van der Waals surface area (Å²) in [5, 5.41) is 26.4. The van der Waals surface area contributed by atoms with Crippen LogP contribution in [0.5, 0.6) is 5.75 Å². The van der Waals surface area contributed by atoms with Gasteiger partial charge < -0.3 is 15.5 Å². The Bertz CT molecular complexity index is 467. The molecule has 0 aliphatic rings. The van der Waals surface area contributed by atoms with Crippen LogP contribution in [-0.2, 0) is 0 Å². The Kier molecular flexibility index (Phi) is 4.36. The Morgan fingerprint density at radius 1 is 1.17 bits per heavy atom. The molecule has 0 bridgehead atoms. The van der Waals surface area contributed by atoms with Crippen LogP contribution in [0.1, 0.15) is 30.2 Å². The van der Waals surface area contributed by atoms with Crippen molar-refractivity contribution < 1.29 is 10.2 Å². The van der Waals surface area contributed by atoms with Gasteiger partial charge in [-0.15, -0.1) is 0 Å². The number of hydrogen-bond acceptors (Lipinski definition) is 4. The van der Waals surface area contributed by atoms with Crippen molar-refractivity contribution >= 4 is 11.3 Å². The van der Waals surface area contributed by atoms with E-state index in [4.69, 9.17) is 0 Å². The van der Waals surface area contributed by atoms with Crippen LogP contribution in [0.25, 0.3) is 0 Å². The summed E-state index contributed by atoms with van der Waals surface area (Å²) in [5.74, 6) is 0.268. The second-order valence-corrected chi connectivity index (χ2v) is 5.07. The smallest absolute Gasteiger partial charge is 0.115 e. The topological polar surface area (TPSA) is 52.5 Å². The normalized spacial score (nSPS) is 14.3. The van der Waals surface area contributed by atoms with Gasteiger partial charge in [-0.3, -0.25) is 0 Å². The van der Waals surface area contributed by atoms with E-state index in [0.29, 0.717) is 6.54 Å². The molecule has 1 heterocycles. The Labute approximate surface area is 111 Å². The van der Waals surface area contributed by atoms with Crippen LogP contribution in [0.15, 0.2) is 41.1 Å². The highest BCUT2D eigenvalue weighted by atomic mass is 32.1. The van der Waals surface area contributed by atoms with Crippen LogP contribution in [0.3, 0.4) is 0 Å². The molecule has 2 aromatic rings. The second kappa shape index (κ2) is 6.00. The maximum Gasteiger partial charge on any atom is 0.115 e. The minimum absolute atomic E-state index is 0.138. The molecular formula is C14H17NO2S. The second-order valence-electron chi connectivity index (χ2n) is 4.29. The van der Waals surface area contributed by atoms with Crippen molar-refractivity contribution in [2.45, 2.75) is 19.1 Å². The molecule has 1 aromatic carbocycles. The number of aliphatic hydroxyl groups excluding tert-OH is 1. The molecule has 3 nitrogen and oxygen atoms in total. The third kappa shape index (κ3) is 3.32. The minimum atomic E-state index is -0.476. The predicted molar refractivity (Wildman–Crippen MR) is 73.8 cm³/mol. The summed E-state index contributed by atoms with van der Waals surface area (Å²) in [7, 11) is 0. The van der Waals surface area contributed by atoms with E-state index in [9.17, 15) is 10.2 Å². The highest BCUT2D eigenvalue weighted by molar-refractivity contribution is 7.07. The van der Waals surface area contributed by atoms with Gasteiger partial charge >= 0.3 is 0 Å². The Morgan fingerprint density at radius 2 is 1.89 bits per heavy atom. The van der Waals surface area contributed by atoms with Crippen LogP contribution in [0.4, 0.5) is 0 Å². The molecule has 96 valence electrons. The molecule has 2 atom stereocenters. The summed E-state index contributed by atoms with van der Waals surface area (Å²) >= 11 is 1.58. The SMILES string of the molecule is CC(NCC(O)c1ccsc1)c1ccc(O)cc1. The van der Waals surface area contributed by atoms with Crippen molar-refractivity contribution in [3.05, 3.63) is 52.2 Å². The first kappa shape index (κ1) is 13.1. The van der Waals surface area contributed by atoms with Crippen LogP contribution < -0.4 is 5.32 Å². The van der Waals surface area contributed by atoms with Gasteiger partial charge in [0.2, 0.25) is 0 Å². The van der Waals surface area contributed by atoms with E-state index < -0.39 is 6.10 Å². The highest BCUT2D eigenvalue weighted by Gasteiger charge is 2.10. The number of aliphatic hydroxyl groups is 1. The molecule has 0 amide bonds. The Balaban J connectivity index is 1.88. The molecule has 18 heavy (non-hydrogen) atoms. The zero-order valence-corrected chi connectivity index (χ0v) is 11.0. The van der Waals surface area contributed by atoms with Gasteiger partial charge in [0, 0.05) is 12.6 Å². The van der Waals surface area contributed by atoms with Crippen LogP contribution in [0.2, 0.25) is 0 Å². The number of phenolic OH excluding ortho intramolecular Hbond substituents is 1. The van der Waals surface area contributed by atoms with E-state index in [1.807, 2.05) is 35.9 Å². The van der Waals surface area contributed by atoms with Gasteiger partial charge in [-0.1, -0.05) is 12.1 Å². The first-order chi connectivity index (χ1) is 8.66. The average molecular weight is 263 g/mol. The summed E-state index contributed by atoms with van der Waals surface area (Å²) in [6, 6.07) is 9.17. The van der Waals surface area contributed by atoms with Crippen molar-refractivity contribution in [2.24, 2.45) is 0 Å². The standard InChI is InChI=1S/C14H17NO2S/c1-10(11-2-4-13(16)5-3-11)15-8-14(17)12-6-7-18-9-12/h2-7,9-10,14-17H,8H2,1H3. The van der Waals surface area contributed by atoms with Crippen LogP contribution in [-0.4, -0.2) is 16.8 Å². The van der Waals surface area contributed by atoms with Crippen molar-refractivity contribution in [3.8, 4) is 5.75 Å². The summed E-state index contributed by atoms with van der Waals surface area (Å²) in [6.07, 6.45) is -0.476. The molecule has 0 fully saturated rings. The summed E-state index contributed by atoms with van der Waals surface area (Å²) in [4.78, 5) is 0. The molecule has 1 aromatic heterocycles. The lowest BCUT2D eigenvalue weighted by Crippen LogP contribution is -2.24. The molecule has 0 saturated carbocycles. The Hall–Kier alpha value is -1.36. The number of benzene rings is 1. The van der Waals surface area contributed by atoms with Gasteiger partial charge in [-0.25, -0.2) is 0 Å². The van der Waals surface area contributed by atoms with Crippen molar-refractivity contribution in [1.29, 1.82) is 0 Å². The van der Waals surface area contributed by atoms with Gasteiger partial charge in [0.1, 0.15) is 5.75 Å². The van der Waals surface area contributed by atoms with Crippen molar-refractivity contribution in [1.82, 2.24) is 5.32 Å². The predicted octanol–water partition coefficient (Wildman–Crippen LogP) is 2.84. The quantitative estimate of drug-likeness (QED) is 0.777.